The van der Waals surface area contributed by atoms with Gasteiger partial charge in [-0.05, 0) is 37.1 Å². The van der Waals surface area contributed by atoms with Gasteiger partial charge >= 0.3 is 0 Å². The summed E-state index contributed by atoms with van der Waals surface area (Å²) in [6, 6.07) is 19.9. The second-order valence-corrected chi connectivity index (χ2v) is 4.95. The van der Waals surface area contributed by atoms with Gasteiger partial charge < -0.3 is 9.47 Å². The lowest BCUT2D eigenvalue weighted by Gasteiger charge is -2.31. The van der Waals surface area contributed by atoms with E-state index < -0.39 is 5.79 Å². The lowest BCUT2D eigenvalue weighted by Crippen LogP contribution is -2.39. The van der Waals surface area contributed by atoms with E-state index in [9.17, 15) is 0 Å². The molecule has 0 N–H and O–H groups in total. The van der Waals surface area contributed by atoms with E-state index in [-0.39, 0.29) is 0 Å². The van der Waals surface area contributed by atoms with Crippen molar-refractivity contribution in [3.8, 4) is 11.5 Å². The minimum absolute atomic E-state index is 0.497. The maximum Gasteiger partial charge on any atom is 0.251 e. The quantitative estimate of drug-likeness (QED) is 0.752. The number of ether oxygens (including phenoxy) is 2. The van der Waals surface area contributed by atoms with Crippen LogP contribution in [0.25, 0.3) is 0 Å². The van der Waals surface area contributed by atoms with Crippen LogP contribution in [0.3, 0.4) is 0 Å². The summed E-state index contributed by atoms with van der Waals surface area (Å²) in [5.41, 5.74) is 0. The van der Waals surface area contributed by atoms with Crippen LogP contribution in [0.1, 0.15) is 25.7 Å². The molecule has 3 rings (SSSR count). The molecule has 0 aromatic heterocycles. The summed E-state index contributed by atoms with van der Waals surface area (Å²) in [7, 11) is 0. The molecule has 0 bridgehead atoms. The number of hydrogen-bond donors (Lipinski definition) is 0. The fourth-order valence-electron chi connectivity index (χ4n) is 2.55. The van der Waals surface area contributed by atoms with Crippen LogP contribution < -0.4 is 9.47 Å². The Morgan fingerprint density at radius 3 is 1.47 bits per heavy atom. The zero-order valence-electron chi connectivity index (χ0n) is 10.9. The van der Waals surface area contributed by atoms with Crippen LogP contribution in [0.15, 0.2) is 60.7 Å². The first kappa shape index (κ1) is 12.1. The first-order valence-electron chi connectivity index (χ1n) is 6.84. The highest BCUT2D eigenvalue weighted by Gasteiger charge is 2.38. The Balaban J connectivity index is 1.79. The lowest BCUT2D eigenvalue weighted by atomic mass is 10.2. The number of rotatable bonds is 4. The highest BCUT2D eigenvalue weighted by molar-refractivity contribution is 5.24. The lowest BCUT2D eigenvalue weighted by molar-refractivity contribution is -0.107. The van der Waals surface area contributed by atoms with Crippen molar-refractivity contribution in [1.82, 2.24) is 0 Å². The third kappa shape index (κ3) is 2.90. The first-order chi connectivity index (χ1) is 9.36. The molecule has 1 aliphatic rings. The summed E-state index contributed by atoms with van der Waals surface area (Å²) in [6.07, 6.45) is 4.19. The molecule has 19 heavy (non-hydrogen) atoms. The highest BCUT2D eigenvalue weighted by atomic mass is 16.7. The van der Waals surface area contributed by atoms with Gasteiger partial charge in [-0.1, -0.05) is 36.4 Å². The van der Waals surface area contributed by atoms with E-state index in [0.717, 1.165) is 37.2 Å². The SMILES string of the molecule is c1ccc(OC2(Oc3ccccc3)CCCC2)cc1. The predicted octanol–water partition coefficient (Wildman–Crippen LogP) is 4.41. The molecule has 0 saturated heterocycles. The second kappa shape index (κ2) is 5.35. The van der Waals surface area contributed by atoms with Crippen LogP contribution in [0.5, 0.6) is 11.5 Å². The third-order valence-electron chi connectivity index (χ3n) is 3.46. The van der Waals surface area contributed by atoms with Crippen LogP contribution >= 0.6 is 0 Å². The maximum atomic E-state index is 6.14. The molecular formula is C17H18O2. The maximum absolute atomic E-state index is 6.14. The Labute approximate surface area is 114 Å². The number of hydrogen-bond acceptors (Lipinski definition) is 2. The third-order valence-corrected chi connectivity index (χ3v) is 3.46. The van der Waals surface area contributed by atoms with Crippen molar-refractivity contribution in [1.29, 1.82) is 0 Å². The van der Waals surface area contributed by atoms with E-state index in [1.54, 1.807) is 0 Å². The van der Waals surface area contributed by atoms with Crippen LogP contribution in [0.2, 0.25) is 0 Å². The van der Waals surface area contributed by atoms with Crippen molar-refractivity contribution in [2.75, 3.05) is 0 Å². The molecule has 2 heteroatoms. The van der Waals surface area contributed by atoms with E-state index in [1.165, 1.54) is 0 Å². The highest BCUT2D eigenvalue weighted by Crippen LogP contribution is 2.36. The predicted molar refractivity (Wildman–Crippen MR) is 75.3 cm³/mol. The average molecular weight is 254 g/mol. The van der Waals surface area contributed by atoms with E-state index in [0.29, 0.717) is 0 Å². The normalized spacial score (nSPS) is 17.1. The Kier molecular flexibility index (Phi) is 3.41. The Morgan fingerprint density at radius 1 is 0.632 bits per heavy atom. The standard InChI is InChI=1S/C17H18O2/c1-3-9-15(10-4-1)18-17(13-7-8-14-17)19-16-11-5-2-6-12-16/h1-6,9-12H,7-8,13-14H2. The molecule has 1 saturated carbocycles. The van der Waals surface area contributed by atoms with Gasteiger partial charge in [0, 0.05) is 12.8 Å². The zero-order valence-corrected chi connectivity index (χ0v) is 10.9. The van der Waals surface area contributed by atoms with E-state index >= 15 is 0 Å². The van der Waals surface area contributed by atoms with Crippen molar-refractivity contribution < 1.29 is 9.47 Å². The van der Waals surface area contributed by atoms with E-state index in [2.05, 4.69) is 0 Å². The van der Waals surface area contributed by atoms with Gasteiger partial charge in [0.15, 0.2) is 0 Å². The van der Waals surface area contributed by atoms with Gasteiger partial charge in [0.2, 0.25) is 0 Å². The zero-order chi connectivity index (χ0) is 13.0. The Morgan fingerprint density at radius 2 is 1.05 bits per heavy atom. The monoisotopic (exact) mass is 254 g/mol. The van der Waals surface area contributed by atoms with Crippen molar-refractivity contribution in [3.05, 3.63) is 60.7 Å². The molecule has 98 valence electrons. The fourth-order valence-corrected chi connectivity index (χ4v) is 2.55. The summed E-state index contributed by atoms with van der Waals surface area (Å²) in [5, 5.41) is 0. The molecule has 2 nitrogen and oxygen atoms in total. The molecule has 1 fully saturated rings. The molecular weight excluding hydrogens is 236 g/mol. The molecule has 0 aliphatic heterocycles. The van der Waals surface area contributed by atoms with Gasteiger partial charge in [-0.15, -0.1) is 0 Å². The smallest absolute Gasteiger partial charge is 0.251 e. The molecule has 2 aromatic rings. The topological polar surface area (TPSA) is 18.5 Å². The van der Waals surface area contributed by atoms with Crippen LogP contribution in [0, 0.1) is 0 Å². The van der Waals surface area contributed by atoms with Crippen molar-refractivity contribution >= 4 is 0 Å². The van der Waals surface area contributed by atoms with E-state index in [4.69, 9.17) is 9.47 Å². The molecule has 0 unspecified atom stereocenters. The summed E-state index contributed by atoms with van der Waals surface area (Å²) < 4.78 is 12.3. The Bertz CT molecular complexity index is 458. The van der Waals surface area contributed by atoms with Crippen molar-refractivity contribution in [2.24, 2.45) is 0 Å². The summed E-state index contributed by atoms with van der Waals surface area (Å²) in [5.74, 6) is 1.25. The average Bonchev–Trinajstić information content (AvgIpc) is 2.89. The fraction of sp³-hybridized carbons (Fsp3) is 0.294. The van der Waals surface area contributed by atoms with Gasteiger partial charge in [-0.2, -0.15) is 0 Å². The van der Waals surface area contributed by atoms with E-state index in [1.807, 2.05) is 60.7 Å². The second-order valence-electron chi connectivity index (χ2n) is 4.95. The molecule has 2 aromatic carbocycles. The van der Waals surface area contributed by atoms with Gasteiger partial charge in [0.05, 0.1) is 0 Å². The van der Waals surface area contributed by atoms with Crippen molar-refractivity contribution in [2.45, 2.75) is 31.5 Å². The molecule has 0 radical (unpaired) electrons. The van der Waals surface area contributed by atoms with Crippen LogP contribution in [-0.2, 0) is 0 Å². The Hall–Kier alpha value is -1.96. The number of para-hydroxylation sites is 2. The molecule has 1 aliphatic carbocycles. The molecule has 0 heterocycles. The molecule has 0 amide bonds. The number of benzene rings is 2. The van der Waals surface area contributed by atoms with Crippen molar-refractivity contribution in [3.63, 3.8) is 0 Å². The van der Waals surface area contributed by atoms with Crippen LogP contribution in [0.4, 0.5) is 0 Å². The van der Waals surface area contributed by atoms with Gasteiger partial charge in [0.25, 0.3) is 5.79 Å². The largest absolute Gasteiger partial charge is 0.452 e. The van der Waals surface area contributed by atoms with Gasteiger partial charge in [-0.25, -0.2) is 0 Å². The first-order valence-corrected chi connectivity index (χ1v) is 6.84. The minimum Gasteiger partial charge on any atom is -0.452 e. The summed E-state index contributed by atoms with van der Waals surface area (Å²) in [4.78, 5) is 0. The van der Waals surface area contributed by atoms with Crippen LogP contribution in [-0.4, -0.2) is 5.79 Å². The summed E-state index contributed by atoms with van der Waals surface area (Å²) >= 11 is 0. The van der Waals surface area contributed by atoms with Gasteiger partial charge in [0.1, 0.15) is 11.5 Å². The summed E-state index contributed by atoms with van der Waals surface area (Å²) in [6.45, 7) is 0. The molecule has 0 spiro atoms. The molecule has 0 atom stereocenters. The van der Waals surface area contributed by atoms with Gasteiger partial charge in [-0.3, -0.25) is 0 Å². The minimum atomic E-state index is -0.497.